The Balaban J connectivity index is 1.93. The maximum atomic E-state index is 12.7. The molecule has 19 heavy (non-hydrogen) atoms. The van der Waals surface area contributed by atoms with Gasteiger partial charge in [-0.25, -0.2) is 8.42 Å². The molecule has 0 unspecified atom stereocenters. The van der Waals surface area contributed by atoms with Crippen molar-refractivity contribution in [1.29, 1.82) is 0 Å². The van der Waals surface area contributed by atoms with Gasteiger partial charge in [0.15, 0.2) is 0 Å². The Morgan fingerprint density at radius 1 is 1.26 bits per heavy atom. The lowest BCUT2D eigenvalue weighted by Gasteiger charge is -2.19. The van der Waals surface area contributed by atoms with Crippen LogP contribution in [0.3, 0.4) is 0 Å². The average Bonchev–Trinajstić information content (AvgIpc) is 2.92. The van der Waals surface area contributed by atoms with E-state index in [1.807, 2.05) is 6.92 Å². The molecular weight excluding hydrogens is 284 g/mol. The van der Waals surface area contributed by atoms with Gasteiger partial charge in [0.1, 0.15) is 0 Å². The van der Waals surface area contributed by atoms with Gasteiger partial charge in [-0.2, -0.15) is 4.31 Å². The summed E-state index contributed by atoms with van der Waals surface area (Å²) in [7, 11) is -3.41. The van der Waals surface area contributed by atoms with E-state index < -0.39 is 10.0 Å². The molecule has 0 amide bonds. The molecule has 2 atom stereocenters. The minimum Gasteiger partial charge on any atom is -0.316 e. The van der Waals surface area contributed by atoms with Crippen LogP contribution >= 0.6 is 11.6 Å². The molecule has 0 aromatic heterocycles. The first-order chi connectivity index (χ1) is 8.98. The highest BCUT2D eigenvalue weighted by Gasteiger charge is 2.41. The van der Waals surface area contributed by atoms with Gasteiger partial charge in [-0.3, -0.25) is 0 Å². The number of benzene rings is 1. The Labute approximate surface area is 118 Å². The number of rotatable bonds is 2. The van der Waals surface area contributed by atoms with E-state index in [2.05, 4.69) is 5.32 Å². The van der Waals surface area contributed by atoms with Crippen LogP contribution in [0.25, 0.3) is 0 Å². The second-order valence-corrected chi connectivity index (χ2v) is 7.75. The first-order valence-corrected chi connectivity index (χ1v) is 8.27. The van der Waals surface area contributed by atoms with Gasteiger partial charge in [-0.05, 0) is 49.5 Å². The molecule has 0 saturated carbocycles. The van der Waals surface area contributed by atoms with Gasteiger partial charge in [0.05, 0.1) is 4.90 Å². The number of fused-ring (bicyclic) bond motifs is 1. The molecule has 0 spiro atoms. The van der Waals surface area contributed by atoms with E-state index in [-0.39, 0.29) is 0 Å². The van der Waals surface area contributed by atoms with Gasteiger partial charge < -0.3 is 5.32 Å². The van der Waals surface area contributed by atoms with E-state index in [0.29, 0.717) is 34.8 Å². The van der Waals surface area contributed by atoms with E-state index in [4.69, 9.17) is 11.6 Å². The van der Waals surface area contributed by atoms with Gasteiger partial charge in [0.25, 0.3) is 0 Å². The fraction of sp³-hybridized carbons (Fsp3) is 0.538. The van der Waals surface area contributed by atoms with Gasteiger partial charge in [-0.15, -0.1) is 0 Å². The minimum atomic E-state index is -3.41. The van der Waals surface area contributed by atoms with E-state index in [9.17, 15) is 8.42 Å². The first kappa shape index (κ1) is 13.4. The van der Waals surface area contributed by atoms with Crippen molar-refractivity contribution in [3.05, 3.63) is 28.8 Å². The summed E-state index contributed by atoms with van der Waals surface area (Å²) in [6, 6.07) is 5.03. The van der Waals surface area contributed by atoms with Crippen LogP contribution in [-0.2, 0) is 10.0 Å². The van der Waals surface area contributed by atoms with Crippen LogP contribution in [0, 0.1) is 18.8 Å². The standard InChI is InChI=1S/C13H17ClN2O2S/c1-9-2-3-12(14)4-13(9)19(17,18)16-7-10-5-15-6-11(10)8-16/h2-4,10-11,15H,5-8H2,1H3/t10-,11+. The highest BCUT2D eigenvalue weighted by molar-refractivity contribution is 7.89. The van der Waals surface area contributed by atoms with Crippen LogP contribution < -0.4 is 5.32 Å². The first-order valence-electron chi connectivity index (χ1n) is 6.45. The lowest BCUT2D eigenvalue weighted by molar-refractivity contribution is 0.447. The molecule has 0 bridgehead atoms. The molecule has 1 aromatic carbocycles. The summed E-state index contributed by atoms with van der Waals surface area (Å²) in [5.41, 5.74) is 0.750. The third-order valence-corrected chi connectivity index (χ3v) is 6.33. The molecule has 2 heterocycles. The van der Waals surface area contributed by atoms with Crippen molar-refractivity contribution in [3.8, 4) is 0 Å². The molecular formula is C13H17ClN2O2S. The molecule has 1 N–H and O–H groups in total. The average molecular weight is 301 g/mol. The van der Waals surface area contributed by atoms with Gasteiger partial charge in [0, 0.05) is 18.1 Å². The molecule has 3 rings (SSSR count). The summed E-state index contributed by atoms with van der Waals surface area (Å²) in [4.78, 5) is 0.341. The zero-order chi connectivity index (χ0) is 13.6. The van der Waals surface area contributed by atoms with Crippen LogP contribution in [0.2, 0.25) is 5.02 Å². The Bertz CT molecular complexity index is 591. The normalized spacial score (nSPS) is 27.7. The maximum Gasteiger partial charge on any atom is 0.243 e. The highest BCUT2D eigenvalue weighted by atomic mass is 35.5. The summed E-state index contributed by atoms with van der Waals surface area (Å²) < 4.78 is 27.0. The smallest absolute Gasteiger partial charge is 0.243 e. The second kappa shape index (κ2) is 4.74. The van der Waals surface area contributed by atoms with Crippen LogP contribution in [0.1, 0.15) is 5.56 Å². The Kier molecular flexibility index (Phi) is 3.33. The van der Waals surface area contributed by atoms with Gasteiger partial charge in [-0.1, -0.05) is 17.7 Å². The number of hydrogen-bond acceptors (Lipinski definition) is 3. The predicted molar refractivity (Wildman–Crippen MR) is 74.8 cm³/mol. The van der Waals surface area contributed by atoms with Crippen molar-refractivity contribution >= 4 is 21.6 Å². The molecule has 1 aromatic rings. The Hall–Kier alpha value is -0.620. The van der Waals surface area contributed by atoms with Crippen molar-refractivity contribution in [2.24, 2.45) is 11.8 Å². The van der Waals surface area contributed by atoms with Crippen molar-refractivity contribution in [2.45, 2.75) is 11.8 Å². The number of nitrogens with zero attached hydrogens (tertiary/aromatic N) is 1. The molecule has 2 saturated heterocycles. The molecule has 2 aliphatic rings. The van der Waals surface area contributed by atoms with Crippen LogP contribution in [0.15, 0.2) is 23.1 Å². The zero-order valence-electron chi connectivity index (χ0n) is 10.8. The summed E-state index contributed by atoms with van der Waals surface area (Å²) in [5, 5.41) is 3.78. The number of nitrogens with one attached hydrogen (secondary N) is 1. The molecule has 2 aliphatic heterocycles. The molecule has 6 heteroatoms. The van der Waals surface area contributed by atoms with Crippen molar-refractivity contribution in [1.82, 2.24) is 9.62 Å². The van der Waals surface area contributed by atoms with Crippen molar-refractivity contribution < 1.29 is 8.42 Å². The third-order valence-electron chi connectivity index (χ3n) is 4.12. The number of aryl methyl sites for hydroxylation is 1. The Morgan fingerprint density at radius 3 is 2.53 bits per heavy atom. The van der Waals surface area contributed by atoms with E-state index in [0.717, 1.165) is 18.7 Å². The zero-order valence-corrected chi connectivity index (χ0v) is 12.3. The number of hydrogen-bond donors (Lipinski definition) is 1. The lowest BCUT2D eigenvalue weighted by Crippen LogP contribution is -2.32. The molecule has 104 valence electrons. The van der Waals surface area contributed by atoms with Crippen LogP contribution in [-0.4, -0.2) is 38.9 Å². The Morgan fingerprint density at radius 2 is 1.89 bits per heavy atom. The minimum absolute atomic E-state index is 0.341. The van der Waals surface area contributed by atoms with Crippen molar-refractivity contribution in [3.63, 3.8) is 0 Å². The molecule has 0 aliphatic carbocycles. The largest absolute Gasteiger partial charge is 0.316 e. The predicted octanol–water partition coefficient (Wildman–Crippen LogP) is 1.49. The molecule has 4 nitrogen and oxygen atoms in total. The number of sulfonamides is 1. The van der Waals surface area contributed by atoms with Gasteiger partial charge in [0.2, 0.25) is 10.0 Å². The topological polar surface area (TPSA) is 49.4 Å². The summed E-state index contributed by atoms with van der Waals surface area (Å²) in [6.45, 7) is 4.88. The maximum absolute atomic E-state index is 12.7. The van der Waals surface area contributed by atoms with Crippen LogP contribution in [0.4, 0.5) is 0 Å². The highest BCUT2D eigenvalue weighted by Crippen LogP contribution is 2.32. The fourth-order valence-corrected chi connectivity index (χ4v) is 5.04. The lowest BCUT2D eigenvalue weighted by atomic mass is 10.0. The fourth-order valence-electron chi connectivity index (χ4n) is 3.00. The molecule has 0 radical (unpaired) electrons. The quantitative estimate of drug-likeness (QED) is 0.900. The second-order valence-electron chi connectivity index (χ2n) is 5.41. The van der Waals surface area contributed by atoms with E-state index >= 15 is 0 Å². The monoisotopic (exact) mass is 300 g/mol. The summed E-state index contributed by atoms with van der Waals surface area (Å²) in [6.07, 6.45) is 0. The van der Waals surface area contributed by atoms with Crippen LogP contribution in [0.5, 0.6) is 0 Å². The third kappa shape index (κ3) is 2.29. The molecule has 2 fully saturated rings. The van der Waals surface area contributed by atoms with E-state index in [1.54, 1.807) is 22.5 Å². The van der Waals surface area contributed by atoms with Crippen molar-refractivity contribution in [2.75, 3.05) is 26.2 Å². The SMILES string of the molecule is Cc1ccc(Cl)cc1S(=O)(=O)N1C[C@H]2CNC[C@H]2C1. The van der Waals surface area contributed by atoms with E-state index in [1.165, 1.54) is 0 Å². The van der Waals surface area contributed by atoms with Gasteiger partial charge >= 0.3 is 0 Å². The summed E-state index contributed by atoms with van der Waals surface area (Å²) >= 11 is 5.93. The summed E-state index contributed by atoms with van der Waals surface area (Å²) in [5.74, 6) is 0.906. The number of halogens is 1.